The van der Waals surface area contributed by atoms with E-state index in [1.54, 1.807) is 0 Å². The normalized spacial score (nSPS) is 14.5. The Morgan fingerprint density at radius 3 is 1.92 bits per heavy atom. The molecule has 0 saturated carbocycles. The van der Waals surface area contributed by atoms with Crippen molar-refractivity contribution in [2.75, 3.05) is 0 Å². The maximum atomic E-state index is 10.2. The van der Waals surface area contributed by atoms with Crippen molar-refractivity contribution in [2.45, 2.75) is 12.5 Å². The molecule has 0 aromatic carbocycles. The highest BCUT2D eigenvalue weighted by atomic mass is 16.4. The Balaban J connectivity index is 4.35. The molecule has 2 unspecified atom stereocenters. The summed E-state index contributed by atoms with van der Waals surface area (Å²) in [5.74, 6) is -6.93. The zero-order chi connectivity index (χ0) is 10.6. The first kappa shape index (κ1) is 11.4. The highest BCUT2D eigenvalue weighted by Gasteiger charge is 2.24. The van der Waals surface area contributed by atoms with Crippen LogP contribution in [0.4, 0.5) is 0 Å². The van der Waals surface area contributed by atoms with Gasteiger partial charge in [0.25, 0.3) is 0 Å². The summed E-state index contributed by atoms with van der Waals surface area (Å²) in [5, 5.41) is 28.6. The van der Waals surface area contributed by atoms with E-state index < -0.39 is 36.3 Å². The minimum Gasteiger partial charge on any atom is -0.549 e. The van der Waals surface area contributed by atoms with Gasteiger partial charge in [0.05, 0.1) is 11.9 Å². The molecule has 0 amide bonds. The van der Waals surface area contributed by atoms with Crippen molar-refractivity contribution in [1.29, 1.82) is 0 Å². The second-order valence-electron chi connectivity index (χ2n) is 2.46. The molecule has 74 valence electrons. The van der Waals surface area contributed by atoms with Crippen molar-refractivity contribution >= 4 is 17.9 Å². The number of aliphatic carboxylic acids is 3. The van der Waals surface area contributed by atoms with Crippen molar-refractivity contribution in [1.82, 2.24) is 0 Å². The highest BCUT2D eigenvalue weighted by Crippen LogP contribution is 2.03. The first-order valence-corrected chi connectivity index (χ1v) is 3.33. The van der Waals surface area contributed by atoms with E-state index in [0.29, 0.717) is 0 Å². The second-order valence-corrected chi connectivity index (χ2v) is 2.46. The predicted octanol–water partition coefficient (Wildman–Crippen LogP) is -4.81. The molecule has 0 aromatic rings. The number of quaternary nitrogens is 1. The van der Waals surface area contributed by atoms with Crippen molar-refractivity contribution < 1.29 is 35.4 Å². The quantitative estimate of drug-likeness (QED) is 0.416. The molecule has 0 spiro atoms. The summed E-state index contributed by atoms with van der Waals surface area (Å²) in [6.45, 7) is 0. The Labute approximate surface area is 72.8 Å². The summed E-state index contributed by atoms with van der Waals surface area (Å²) in [6.07, 6.45) is -0.639. The number of carbonyl (C=O) groups is 3. The average Bonchev–Trinajstić information content (AvgIpc) is 1.97. The molecule has 0 heterocycles. The van der Waals surface area contributed by atoms with Crippen LogP contribution in [0.15, 0.2) is 0 Å². The van der Waals surface area contributed by atoms with Gasteiger partial charge in [-0.15, -0.1) is 0 Å². The van der Waals surface area contributed by atoms with Crippen LogP contribution >= 0.6 is 0 Å². The third-order valence-corrected chi connectivity index (χ3v) is 1.44. The first-order chi connectivity index (χ1) is 5.86. The largest absolute Gasteiger partial charge is 0.549 e. The van der Waals surface area contributed by atoms with Gasteiger partial charge in [0.15, 0.2) is 0 Å². The van der Waals surface area contributed by atoms with Gasteiger partial charge in [-0.05, 0) is 0 Å². The summed E-state index contributed by atoms with van der Waals surface area (Å²) in [7, 11) is 0. The van der Waals surface area contributed by atoms with Gasteiger partial charge >= 0.3 is 5.97 Å². The van der Waals surface area contributed by atoms with E-state index in [0.717, 1.165) is 0 Å². The van der Waals surface area contributed by atoms with E-state index >= 15 is 0 Å². The molecule has 7 nitrogen and oxygen atoms in total. The minimum atomic E-state index is -1.86. The van der Waals surface area contributed by atoms with E-state index in [1.165, 1.54) is 0 Å². The van der Waals surface area contributed by atoms with Gasteiger partial charge in [0.1, 0.15) is 12.0 Å². The fourth-order valence-electron chi connectivity index (χ4n) is 0.679. The predicted molar refractivity (Wildman–Crippen MR) is 32.4 cm³/mol. The van der Waals surface area contributed by atoms with Crippen LogP contribution in [0.1, 0.15) is 6.42 Å². The number of carboxylic acid groups (broad SMARTS) is 3. The number of carbonyl (C=O) groups excluding carboxylic acids is 2. The average molecular weight is 190 g/mol. The Morgan fingerprint density at radius 1 is 1.23 bits per heavy atom. The molecule has 0 aliphatic rings. The van der Waals surface area contributed by atoms with Gasteiger partial charge in [0, 0.05) is 6.42 Å². The standard InChI is InChI=1S/C6H9NO6/c7-3(6(12)13)1-2(4(8)9)5(10)11/h2-3H,1,7H2,(H,8,9)(H,10,11)(H,12,13)/p-1. The summed E-state index contributed by atoms with van der Waals surface area (Å²) in [6, 6.07) is -1.38. The fraction of sp³-hybridized carbons (Fsp3) is 0.500. The number of rotatable bonds is 5. The summed E-state index contributed by atoms with van der Waals surface area (Å²) in [5.41, 5.74) is 3.03. The minimum absolute atomic E-state index is 0.639. The SMILES string of the molecule is [NH3+]C(CC(C(=O)[O-])C(=O)O)C(=O)[O-]. The molecule has 0 fully saturated rings. The van der Waals surface area contributed by atoms with E-state index in [4.69, 9.17) is 5.11 Å². The van der Waals surface area contributed by atoms with Gasteiger partial charge in [0.2, 0.25) is 0 Å². The molecule has 0 saturated heterocycles. The summed E-state index contributed by atoms with van der Waals surface area (Å²) < 4.78 is 0. The Hall–Kier alpha value is -1.63. The molecule has 0 radical (unpaired) electrons. The molecule has 0 aromatic heterocycles. The van der Waals surface area contributed by atoms with Crippen molar-refractivity contribution in [3.63, 3.8) is 0 Å². The third kappa shape index (κ3) is 3.52. The van der Waals surface area contributed by atoms with Crippen molar-refractivity contribution in [3.8, 4) is 0 Å². The van der Waals surface area contributed by atoms with Crippen molar-refractivity contribution in [2.24, 2.45) is 5.92 Å². The van der Waals surface area contributed by atoms with Gasteiger partial charge in [-0.2, -0.15) is 0 Å². The molecule has 2 atom stereocenters. The molecule has 0 rings (SSSR count). The number of hydrogen-bond acceptors (Lipinski definition) is 5. The highest BCUT2D eigenvalue weighted by molar-refractivity contribution is 5.92. The third-order valence-electron chi connectivity index (χ3n) is 1.44. The molecule has 0 aliphatic carbocycles. The second kappa shape index (κ2) is 4.41. The number of carboxylic acids is 3. The first-order valence-electron chi connectivity index (χ1n) is 3.33. The lowest BCUT2D eigenvalue weighted by atomic mass is 10.0. The lowest BCUT2D eigenvalue weighted by molar-refractivity contribution is -0.440. The Bertz CT molecular complexity index is 223. The topological polar surface area (TPSA) is 145 Å². The van der Waals surface area contributed by atoms with Crippen LogP contribution in [0.5, 0.6) is 0 Å². The lowest BCUT2D eigenvalue weighted by Crippen LogP contribution is -2.69. The van der Waals surface area contributed by atoms with Gasteiger partial charge in [-0.3, -0.25) is 4.79 Å². The molecular formula is C6H8NO6-. The lowest BCUT2D eigenvalue weighted by Gasteiger charge is -2.16. The molecular weight excluding hydrogens is 182 g/mol. The fourth-order valence-corrected chi connectivity index (χ4v) is 0.679. The zero-order valence-electron chi connectivity index (χ0n) is 6.56. The van der Waals surface area contributed by atoms with Gasteiger partial charge < -0.3 is 30.6 Å². The van der Waals surface area contributed by atoms with E-state index in [-0.39, 0.29) is 0 Å². The van der Waals surface area contributed by atoms with Crippen LogP contribution in [0.2, 0.25) is 0 Å². The van der Waals surface area contributed by atoms with Gasteiger partial charge in [-0.25, -0.2) is 0 Å². The van der Waals surface area contributed by atoms with Crippen LogP contribution < -0.4 is 15.9 Å². The smallest absolute Gasteiger partial charge is 0.312 e. The Kier molecular flexibility index (Phi) is 3.86. The van der Waals surface area contributed by atoms with E-state index in [2.05, 4.69) is 5.73 Å². The number of hydrogen-bond donors (Lipinski definition) is 2. The van der Waals surface area contributed by atoms with Crippen LogP contribution in [0.25, 0.3) is 0 Å². The van der Waals surface area contributed by atoms with E-state index in [1.807, 2.05) is 0 Å². The van der Waals surface area contributed by atoms with E-state index in [9.17, 15) is 24.6 Å². The van der Waals surface area contributed by atoms with Crippen LogP contribution in [-0.4, -0.2) is 29.1 Å². The molecule has 0 bridgehead atoms. The van der Waals surface area contributed by atoms with Crippen LogP contribution in [-0.2, 0) is 14.4 Å². The molecule has 4 N–H and O–H groups in total. The van der Waals surface area contributed by atoms with Crippen LogP contribution in [0.3, 0.4) is 0 Å². The molecule has 13 heavy (non-hydrogen) atoms. The van der Waals surface area contributed by atoms with Crippen molar-refractivity contribution in [3.05, 3.63) is 0 Å². The summed E-state index contributed by atoms with van der Waals surface area (Å²) >= 11 is 0. The zero-order valence-corrected chi connectivity index (χ0v) is 6.56. The van der Waals surface area contributed by atoms with Gasteiger partial charge in [-0.1, -0.05) is 0 Å². The Morgan fingerprint density at radius 2 is 1.69 bits per heavy atom. The maximum Gasteiger partial charge on any atom is 0.312 e. The monoisotopic (exact) mass is 190 g/mol. The molecule has 7 heteroatoms. The maximum absolute atomic E-state index is 10.2. The summed E-state index contributed by atoms with van der Waals surface area (Å²) in [4.78, 5) is 30.5. The molecule has 0 aliphatic heterocycles. The van der Waals surface area contributed by atoms with Crippen LogP contribution in [0, 0.1) is 5.92 Å².